The molecule has 0 aliphatic heterocycles. The van der Waals surface area contributed by atoms with Crippen LogP contribution in [0.1, 0.15) is 251 Å². The Morgan fingerprint density at radius 1 is 0.311 bits per heavy atom. The minimum atomic E-state index is 0.870. The van der Waals surface area contributed by atoms with Crippen LogP contribution in [-0.2, 0) is 0 Å². The molecular formula is C45H88. The molecule has 0 aliphatic rings. The summed E-state index contributed by atoms with van der Waals surface area (Å²) in [6.45, 7) is 12.5. The van der Waals surface area contributed by atoms with Crippen molar-refractivity contribution >= 4 is 0 Å². The first-order valence-corrected chi connectivity index (χ1v) is 21.4. The molecule has 0 fully saturated rings. The van der Waals surface area contributed by atoms with Crippen molar-refractivity contribution in [3.8, 4) is 0 Å². The fraction of sp³-hybridized carbons (Fsp3) is 0.911. The molecule has 45 heavy (non-hydrogen) atoms. The van der Waals surface area contributed by atoms with Crippen LogP contribution < -0.4 is 0 Å². The van der Waals surface area contributed by atoms with Crippen molar-refractivity contribution in [2.45, 2.75) is 251 Å². The van der Waals surface area contributed by atoms with Crippen molar-refractivity contribution in [2.24, 2.45) is 11.8 Å². The highest BCUT2D eigenvalue weighted by molar-refractivity contribution is 4.66. The number of rotatable bonds is 40. The molecule has 0 amide bonds. The fourth-order valence-corrected chi connectivity index (χ4v) is 7.44. The Morgan fingerprint density at radius 3 is 0.711 bits per heavy atom. The van der Waals surface area contributed by atoms with Crippen LogP contribution in [0.2, 0.25) is 0 Å². The van der Waals surface area contributed by atoms with E-state index in [2.05, 4.69) is 39.2 Å². The summed E-state index contributed by atoms with van der Waals surface area (Å²) in [6, 6.07) is 0. The quantitative estimate of drug-likeness (QED) is 0.0468. The van der Waals surface area contributed by atoms with E-state index in [-0.39, 0.29) is 0 Å². The molecule has 0 atom stereocenters. The molecule has 0 N–H and O–H groups in total. The summed E-state index contributed by atoms with van der Waals surface area (Å²) in [4.78, 5) is 0. The highest BCUT2D eigenvalue weighted by Gasteiger charge is 2.10. The van der Waals surface area contributed by atoms with Crippen LogP contribution >= 0.6 is 0 Å². The minimum absolute atomic E-state index is 0.870. The van der Waals surface area contributed by atoms with Crippen molar-refractivity contribution in [1.82, 2.24) is 0 Å². The van der Waals surface area contributed by atoms with Gasteiger partial charge >= 0.3 is 0 Å². The van der Waals surface area contributed by atoms with E-state index in [0.29, 0.717) is 0 Å². The lowest BCUT2D eigenvalue weighted by atomic mass is 9.87. The van der Waals surface area contributed by atoms with Crippen molar-refractivity contribution in [1.29, 1.82) is 0 Å². The molecule has 0 saturated carbocycles. The largest absolute Gasteiger partial charge is 0.103 e. The summed E-state index contributed by atoms with van der Waals surface area (Å²) >= 11 is 0. The van der Waals surface area contributed by atoms with Gasteiger partial charge in [0.2, 0.25) is 0 Å². The Balaban J connectivity index is 3.44. The van der Waals surface area contributed by atoms with Gasteiger partial charge in [0.05, 0.1) is 0 Å². The standard InChI is InChI=1S/C45H88/c1-5-7-9-11-13-15-17-19-21-23-25-27-29-31-33-35-37-39-41-45(43-44(3)4)42-40-38-36-34-32-30-28-26-24-22-20-18-16-14-12-10-8-6-2/h5-6,44-45H,1-2,7-43H2,3-4H3. The molecule has 0 bridgehead atoms. The molecule has 0 aliphatic carbocycles. The van der Waals surface area contributed by atoms with E-state index in [0.717, 1.165) is 11.8 Å². The van der Waals surface area contributed by atoms with E-state index >= 15 is 0 Å². The fourth-order valence-electron chi connectivity index (χ4n) is 7.44. The second kappa shape index (κ2) is 39.7. The minimum Gasteiger partial charge on any atom is -0.103 e. The maximum Gasteiger partial charge on any atom is -0.0353 e. The van der Waals surface area contributed by atoms with Gasteiger partial charge in [-0.3, -0.25) is 0 Å². The molecule has 0 heteroatoms. The van der Waals surface area contributed by atoms with E-state index in [1.807, 2.05) is 0 Å². The van der Waals surface area contributed by atoms with E-state index in [4.69, 9.17) is 0 Å². The summed E-state index contributed by atoms with van der Waals surface area (Å²) in [6.07, 6.45) is 57.8. The highest BCUT2D eigenvalue weighted by atomic mass is 14.2. The lowest BCUT2D eigenvalue weighted by Gasteiger charge is -2.19. The molecule has 0 aromatic rings. The maximum atomic E-state index is 3.82. The SMILES string of the molecule is C=CCCCCCCCCCCCCCCCCCCC(CCCCCCCCCCCCCCCCCCC=C)CC(C)C. The Hall–Kier alpha value is -0.520. The van der Waals surface area contributed by atoms with E-state index in [9.17, 15) is 0 Å². The molecule has 0 radical (unpaired) electrons. The van der Waals surface area contributed by atoms with Crippen LogP contribution in [0.4, 0.5) is 0 Å². The van der Waals surface area contributed by atoms with Gasteiger partial charge in [-0.1, -0.05) is 231 Å². The molecule has 0 aromatic carbocycles. The summed E-state index contributed by atoms with van der Waals surface area (Å²) in [5.74, 6) is 1.87. The van der Waals surface area contributed by atoms with Crippen LogP contribution in [0.3, 0.4) is 0 Å². The Labute approximate surface area is 287 Å². The second-order valence-electron chi connectivity index (χ2n) is 15.5. The third-order valence-electron chi connectivity index (χ3n) is 10.3. The van der Waals surface area contributed by atoms with Crippen molar-refractivity contribution < 1.29 is 0 Å². The predicted molar refractivity (Wildman–Crippen MR) is 210 cm³/mol. The van der Waals surface area contributed by atoms with Crippen molar-refractivity contribution in [3.63, 3.8) is 0 Å². The summed E-state index contributed by atoms with van der Waals surface area (Å²) in [5, 5.41) is 0. The van der Waals surface area contributed by atoms with Gasteiger partial charge in [0.15, 0.2) is 0 Å². The Kier molecular flexibility index (Phi) is 39.2. The van der Waals surface area contributed by atoms with Crippen molar-refractivity contribution in [3.05, 3.63) is 25.3 Å². The number of unbranched alkanes of at least 4 members (excludes halogenated alkanes) is 32. The highest BCUT2D eigenvalue weighted by Crippen LogP contribution is 2.25. The third-order valence-corrected chi connectivity index (χ3v) is 10.3. The van der Waals surface area contributed by atoms with Crippen LogP contribution in [0.5, 0.6) is 0 Å². The molecule has 0 rings (SSSR count). The summed E-state index contributed by atoms with van der Waals surface area (Å²) in [7, 11) is 0. The first kappa shape index (κ1) is 44.5. The van der Waals surface area contributed by atoms with E-state index < -0.39 is 0 Å². The monoisotopic (exact) mass is 629 g/mol. The Morgan fingerprint density at radius 2 is 0.511 bits per heavy atom. The lowest BCUT2D eigenvalue weighted by molar-refractivity contribution is 0.338. The van der Waals surface area contributed by atoms with Gasteiger partial charge < -0.3 is 0 Å². The van der Waals surface area contributed by atoms with Gasteiger partial charge in [0.25, 0.3) is 0 Å². The first-order chi connectivity index (χ1) is 22.2. The zero-order valence-electron chi connectivity index (χ0n) is 31.9. The topological polar surface area (TPSA) is 0 Å². The molecule has 268 valence electrons. The average molecular weight is 629 g/mol. The summed E-state index contributed by atoms with van der Waals surface area (Å²) in [5.41, 5.74) is 0. The average Bonchev–Trinajstić information content (AvgIpc) is 3.03. The molecule has 0 spiro atoms. The predicted octanol–water partition coefficient (Wildman–Crippen LogP) is 17.1. The first-order valence-electron chi connectivity index (χ1n) is 21.4. The molecule has 0 heterocycles. The van der Waals surface area contributed by atoms with Crippen LogP contribution in [0.25, 0.3) is 0 Å². The Bertz CT molecular complexity index is 500. The zero-order valence-corrected chi connectivity index (χ0v) is 31.9. The van der Waals surface area contributed by atoms with Gasteiger partial charge in [-0.15, -0.1) is 13.2 Å². The number of allylic oxidation sites excluding steroid dienone is 2. The third kappa shape index (κ3) is 39.6. The van der Waals surface area contributed by atoms with E-state index in [1.54, 1.807) is 0 Å². The van der Waals surface area contributed by atoms with Gasteiger partial charge in [-0.25, -0.2) is 0 Å². The van der Waals surface area contributed by atoms with Gasteiger partial charge in [-0.2, -0.15) is 0 Å². The van der Waals surface area contributed by atoms with Gasteiger partial charge in [-0.05, 0) is 43.9 Å². The van der Waals surface area contributed by atoms with Crippen LogP contribution in [0.15, 0.2) is 25.3 Å². The van der Waals surface area contributed by atoms with E-state index in [1.165, 1.54) is 238 Å². The molecule has 0 nitrogen and oxygen atoms in total. The lowest BCUT2D eigenvalue weighted by Crippen LogP contribution is -2.05. The second-order valence-corrected chi connectivity index (χ2v) is 15.5. The van der Waals surface area contributed by atoms with Crippen molar-refractivity contribution in [2.75, 3.05) is 0 Å². The summed E-state index contributed by atoms with van der Waals surface area (Å²) < 4.78 is 0. The smallest absolute Gasteiger partial charge is 0.0353 e. The number of hydrogen-bond donors (Lipinski definition) is 0. The molecule has 0 saturated heterocycles. The maximum absolute atomic E-state index is 3.82. The molecule has 0 unspecified atom stereocenters. The van der Waals surface area contributed by atoms with Crippen LogP contribution in [0, 0.1) is 11.8 Å². The molecular weight excluding hydrogens is 540 g/mol. The van der Waals surface area contributed by atoms with Crippen LogP contribution in [-0.4, -0.2) is 0 Å². The molecule has 0 aromatic heterocycles. The normalized spacial score (nSPS) is 11.6. The van der Waals surface area contributed by atoms with Gasteiger partial charge in [0, 0.05) is 0 Å². The zero-order chi connectivity index (χ0) is 32.7. The number of hydrogen-bond acceptors (Lipinski definition) is 0. The van der Waals surface area contributed by atoms with Gasteiger partial charge in [0.1, 0.15) is 0 Å².